The summed E-state index contributed by atoms with van der Waals surface area (Å²) < 4.78 is 0. The normalized spacial score (nSPS) is 12.2. The van der Waals surface area contributed by atoms with E-state index in [1.807, 2.05) is 25.1 Å². The Morgan fingerprint density at radius 2 is 2.25 bits per heavy atom. The molecule has 88 valence electrons. The topological polar surface area (TPSA) is 49.3 Å². The van der Waals surface area contributed by atoms with Crippen molar-refractivity contribution in [3.63, 3.8) is 0 Å². The van der Waals surface area contributed by atoms with Crippen LogP contribution in [0, 0.1) is 6.92 Å². The largest absolute Gasteiger partial charge is 0.393 e. The molecule has 0 aliphatic carbocycles. The number of carbonyl (C=O) groups excluding carboxylic acids is 1. The van der Waals surface area contributed by atoms with Gasteiger partial charge in [-0.25, -0.2) is 0 Å². The molecule has 0 aromatic heterocycles. The fraction of sp³-hybridized carbons (Fsp3) is 0.462. The van der Waals surface area contributed by atoms with Crippen molar-refractivity contribution in [2.45, 2.75) is 32.8 Å². The second kappa shape index (κ2) is 6.28. The van der Waals surface area contributed by atoms with E-state index in [-0.39, 0.29) is 12.0 Å². The van der Waals surface area contributed by atoms with Crippen molar-refractivity contribution >= 4 is 5.91 Å². The number of aryl methyl sites for hydroxylation is 1. The van der Waals surface area contributed by atoms with E-state index in [2.05, 4.69) is 5.32 Å². The zero-order valence-corrected chi connectivity index (χ0v) is 9.86. The van der Waals surface area contributed by atoms with Gasteiger partial charge < -0.3 is 10.4 Å². The van der Waals surface area contributed by atoms with Gasteiger partial charge in [0, 0.05) is 12.1 Å². The van der Waals surface area contributed by atoms with Gasteiger partial charge in [0.2, 0.25) is 0 Å². The number of aliphatic hydroxyl groups is 1. The van der Waals surface area contributed by atoms with Crippen LogP contribution in [0.1, 0.15) is 35.7 Å². The summed E-state index contributed by atoms with van der Waals surface area (Å²) in [6, 6.07) is 7.51. The first kappa shape index (κ1) is 12.7. The standard InChI is InChI=1S/C13H19NO2/c1-10-5-3-7-12(9-10)13(16)14-8-4-6-11(2)15/h3,5,7,9,11,15H,4,6,8H2,1-2H3,(H,14,16). The minimum absolute atomic E-state index is 0.0470. The Kier molecular flexibility index (Phi) is 4.99. The van der Waals surface area contributed by atoms with Crippen LogP contribution in [0.4, 0.5) is 0 Å². The van der Waals surface area contributed by atoms with E-state index in [0.717, 1.165) is 12.0 Å². The van der Waals surface area contributed by atoms with Crippen LogP contribution >= 0.6 is 0 Å². The average Bonchev–Trinajstić information content (AvgIpc) is 2.24. The predicted molar refractivity (Wildman–Crippen MR) is 64.4 cm³/mol. The van der Waals surface area contributed by atoms with E-state index in [0.29, 0.717) is 18.5 Å². The van der Waals surface area contributed by atoms with E-state index in [4.69, 9.17) is 5.11 Å². The Labute approximate surface area is 96.5 Å². The molecule has 2 N–H and O–H groups in total. The lowest BCUT2D eigenvalue weighted by atomic mass is 10.1. The van der Waals surface area contributed by atoms with Crippen LogP contribution in [0.5, 0.6) is 0 Å². The summed E-state index contributed by atoms with van der Waals surface area (Å²) in [6.45, 7) is 4.32. The van der Waals surface area contributed by atoms with Crippen LogP contribution in [0.2, 0.25) is 0 Å². The van der Waals surface area contributed by atoms with Crippen molar-refractivity contribution in [3.8, 4) is 0 Å². The van der Waals surface area contributed by atoms with Crippen LogP contribution < -0.4 is 5.32 Å². The number of amides is 1. The van der Waals surface area contributed by atoms with Gasteiger partial charge in [0.15, 0.2) is 0 Å². The maximum Gasteiger partial charge on any atom is 0.251 e. The molecule has 0 heterocycles. The summed E-state index contributed by atoms with van der Waals surface area (Å²) in [5.41, 5.74) is 1.77. The molecule has 16 heavy (non-hydrogen) atoms. The summed E-state index contributed by atoms with van der Waals surface area (Å²) in [6.07, 6.45) is 1.22. The van der Waals surface area contributed by atoms with Crippen molar-refractivity contribution in [2.75, 3.05) is 6.54 Å². The molecule has 3 nitrogen and oxygen atoms in total. The number of benzene rings is 1. The molecule has 1 atom stereocenters. The van der Waals surface area contributed by atoms with Gasteiger partial charge in [0.1, 0.15) is 0 Å². The maximum absolute atomic E-state index is 11.7. The van der Waals surface area contributed by atoms with E-state index in [1.165, 1.54) is 0 Å². The zero-order valence-electron chi connectivity index (χ0n) is 9.86. The van der Waals surface area contributed by atoms with Crippen molar-refractivity contribution in [3.05, 3.63) is 35.4 Å². The lowest BCUT2D eigenvalue weighted by Crippen LogP contribution is -2.25. The number of nitrogens with one attached hydrogen (secondary N) is 1. The fourth-order valence-corrected chi connectivity index (χ4v) is 1.49. The smallest absolute Gasteiger partial charge is 0.251 e. The summed E-state index contributed by atoms with van der Waals surface area (Å²) in [5, 5.41) is 11.9. The van der Waals surface area contributed by atoms with Crippen LogP contribution in [-0.2, 0) is 0 Å². The van der Waals surface area contributed by atoms with Gasteiger partial charge >= 0.3 is 0 Å². The Morgan fingerprint density at radius 3 is 2.88 bits per heavy atom. The Balaban J connectivity index is 2.35. The molecule has 1 rings (SSSR count). The third kappa shape index (κ3) is 4.45. The molecule has 1 aromatic carbocycles. The van der Waals surface area contributed by atoms with Crippen LogP contribution in [0.25, 0.3) is 0 Å². The van der Waals surface area contributed by atoms with Crippen LogP contribution in [0.3, 0.4) is 0 Å². The number of hydrogen-bond acceptors (Lipinski definition) is 2. The number of hydrogen-bond donors (Lipinski definition) is 2. The average molecular weight is 221 g/mol. The molecule has 0 aliphatic heterocycles. The molecule has 0 saturated carbocycles. The number of aliphatic hydroxyl groups excluding tert-OH is 1. The highest BCUT2D eigenvalue weighted by atomic mass is 16.3. The number of rotatable bonds is 5. The molecule has 1 amide bonds. The van der Waals surface area contributed by atoms with Crippen molar-refractivity contribution in [1.29, 1.82) is 0 Å². The first-order valence-corrected chi connectivity index (χ1v) is 5.62. The minimum atomic E-state index is -0.295. The molecular weight excluding hydrogens is 202 g/mol. The van der Waals surface area contributed by atoms with Gasteiger partial charge in [-0.3, -0.25) is 4.79 Å². The monoisotopic (exact) mass is 221 g/mol. The molecule has 3 heteroatoms. The van der Waals surface area contributed by atoms with E-state index >= 15 is 0 Å². The highest BCUT2D eigenvalue weighted by molar-refractivity contribution is 5.94. The van der Waals surface area contributed by atoms with Crippen molar-refractivity contribution in [2.24, 2.45) is 0 Å². The minimum Gasteiger partial charge on any atom is -0.393 e. The maximum atomic E-state index is 11.7. The predicted octanol–water partition coefficient (Wildman–Crippen LogP) is 1.89. The van der Waals surface area contributed by atoms with Crippen LogP contribution in [-0.4, -0.2) is 23.7 Å². The first-order chi connectivity index (χ1) is 7.59. The summed E-state index contributed by atoms with van der Waals surface area (Å²) in [5.74, 6) is -0.0470. The Hall–Kier alpha value is -1.35. The zero-order chi connectivity index (χ0) is 12.0. The molecule has 0 radical (unpaired) electrons. The summed E-state index contributed by atoms with van der Waals surface area (Å²) in [4.78, 5) is 11.7. The molecular formula is C13H19NO2. The lowest BCUT2D eigenvalue weighted by molar-refractivity contribution is 0.0949. The molecule has 1 aromatic rings. The van der Waals surface area contributed by atoms with Crippen molar-refractivity contribution in [1.82, 2.24) is 5.32 Å². The van der Waals surface area contributed by atoms with Gasteiger partial charge in [0.05, 0.1) is 6.10 Å². The summed E-state index contributed by atoms with van der Waals surface area (Å²) >= 11 is 0. The summed E-state index contributed by atoms with van der Waals surface area (Å²) in [7, 11) is 0. The van der Waals surface area contributed by atoms with Gasteiger partial charge in [-0.15, -0.1) is 0 Å². The molecule has 1 unspecified atom stereocenters. The van der Waals surface area contributed by atoms with E-state index in [9.17, 15) is 4.79 Å². The van der Waals surface area contributed by atoms with Crippen molar-refractivity contribution < 1.29 is 9.90 Å². The second-order valence-electron chi connectivity index (χ2n) is 4.12. The third-order valence-corrected chi connectivity index (χ3v) is 2.36. The molecule has 0 aliphatic rings. The highest BCUT2D eigenvalue weighted by Crippen LogP contribution is 2.03. The first-order valence-electron chi connectivity index (χ1n) is 5.62. The SMILES string of the molecule is Cc1cccc(C(=O)NCCCC(C)O)c1. The van der Waals surface area contributed by atoms with Gasteiger partial charge in [-0.1, -0.05) is 17.7 Å². The molecule has 0 fully saturated rings. The fourth-order valence-electron chi connectivity index (χ4n) is 1.49. The molecule has 0 bridgehead atoms. The van der Waals surface area contributed by atoms with Gasteiger partial charge in [-0.2, -0.15) is 0 Å². The third-order valence-electron chi connectivity index (χ3n) is 2.36. The van der Waals surface area contributed by atoms with E-state index in [1.54, 1.807) is 13.0 Å². The Morgan fingerprint density at radius 1 is 1.50 bits per heavy atom. The van der Waals surface area contributed by atoms with Gasteiger partial charge in [0.25, 0.3) is 5.91 Å². The van der Waals surface area contributed by atoms with Crippen LogP contribution in [0.15, 0.2) is 24.3 Å². The second-order valence-corrected chi connectivity index (χ2v) is 4.12. The number of carbonyl (C=O) groups is 1. The van der Waals surface area contributed by atoms with E-state index < -0.39 is 0 Å². The van der Waals surface area contributed by atoms with Gasteiger partial charge in [-0.05, 0) is 38.8 Å². The quantitative estimate of drug-likeness (QED) is 0.746. The molecule has 0 spiro atoms. The Bertz CT molecular complexity index is 348. The highest BCUT2D eigenvalue weighted by Gasteiger charge is 2.04. The molecule has 0 saturated heterocycles. The lowest BCUT2D eigenvalue weighted by Gasteiger charge is -2.06.